The van der Waals surface area contributed by atoms with Crippen LogP contribution >= 0.6 is 15.9 Å². The van der Waals surface area contributed by atoms with E-state index >= 15 is 0 Å². The molecule has 1 rings (SSSR count). The fourth-order valence-electron chi connectivity index (χ4n) is 1.59. The standard InChI is InChI=1S/C15H21BrO2/c1-15(2,16)14(17)18-12-8-4-7-11-13-9-5-3-6-10-13/h3,5-6,9-10H,4,7-8,11-12H2,1-2H3. The third kappa shape index (κ3) is 6.20. The molecular weight excluding hydrogens is 292 g/mol. The number of benzene rings is 1. The van der Waals surface area contributed by atoms with Crippen molar-refractivity contribution in [3.05, 3.63) is 35.9 Å². The molecule has 0 spiro atoms. The third-order valence-electron chi connectivity index (χ3n) is 2.67. The predicted octanol–water partition coefficient (Wildman–Crippen LogP) is 4.12. The van der Waals surface area contributed by atoms with Crippen molar-refractivity contribution in [2.75, 3.05) is 6.61 Å². The highest BCUT2D eigenvalue weighted by molar-refractivity contribution is 9.10. The van der Waals surface area contributed by atoms with Crippen molar-refractivity contribution < 1.29 is 9.53 Å². The van der Waals surface area contributed by atoms with Crippen molar-refractivity contribution >= 4 is 21.9 Å². The van der Waals surface area contributed by atoms with Crippen molar-refractivity contribution in [1.29, 1.82) is 0 Å². The SMILES string of the molecule is CC(C)(Br)C(=O)OCCCCCc1ccccc1. The molecule has 0 aromatic heterocycles. The van der Waals surface area contributed by atoms with Gasteiger partial charge in [0.2, 0.25) is 0 Å². The molecule has 0 fully saturated rings. The number of hydrogen-bond donors (Lipinski definition) is 0. The Labute approximate surface area is 118 Å². The maximum Gasteiger partial charge on any atom is 0.322 e. The van der Waals surface area contributed by atoms with E-state index in [1.54, 1.807) is 13.8 Å². The summed E-state index contributed by atoms with van der Waals surface area (Å²) in [4.78, 5) is 11.4. The van der Waals surface area contributed by atoms with Crippen LogP contribution in [-0.4, -0.2) is 16.9 Å². The van der Waals surface area contributed by atoms with Gasteiger partial charge in [-0.1, -0.05) is 46.3 Å². The molecular formula is C15H21BrO2. The number of esters is 1. The highest BCUT2D eigenvalue weighted by atomic mass is 79.9. The summed E-state index contributed by atoms with van der Waals surface area (Å²) in [6.45, 7) is 4.11. The third-order valence-corrected chi connectivity index (χ3v) is 2.99. The number of hydrogen-bond acceptors (Lipinski definition) is 2. The van der Waals surface area contributed by atoms with E-state index in [1.807, 2.05) is 6.07 Å². The zero-order valence-corrected chi connectivity index (χ0v) is 12.7. The number of carbonyl (C=O) groups excluding carboxylic acids is 1. The molecule has 0 saturated carbocycles. The first-order valence-corrected chi connectivity index (χ1v) is 7.19. The van der Waals surface area contributed by atoms with Gasteiger partial charge in [0, 0.05) is 0 Å². The van der Waals surface area contributed by atoms with Crippen LogP contribution in [0.15, 0.2) is 30.3 Å². The minimum absolute atomic E-state index is 0.189. The number of ether oxygens (including phenoxy) is 1. The molecule has 2 nitrogen and oxygen atoms in total. The Morgan fingerprint density at radius 3 is 2.44 bits per heavy atom. The molecule has 0 radical (unpaired) electrons. The van der Waals surface area contributed by atoms with E-state index in [-0.39, 0.29) is 5.97 Å². The minimum atomic E-state index is -0.572. The fourth-order valence-corrected chi connectivity index (χ4v) is 1.70. The van der Waals surface area contributed by atoms with E-state index in [0.717, 1.165) is 25.7 Å². The molecule has 0 saturated heterocycles. The number of unbranched alkanes of at least 4 members (excludes halogenated alkanes) is 2. The zero-order chi connectivity index (χ0) is 13.4. The predicted molar refractivity (Wildman–Crippen MR) is 78.0 cm³/mol. The molecule has 0 unspecified atom stereocenters. The van der Waals surface area contributed by atoms with Gasteiger partial charge in [-0.15, -0.1) is 0 Å². The van der Waals surface area contributed by atoms with Gasteiger partial charge < -0.3 is 4.74 Å². The molecule has 0 aliphatic heterocycles. The monoisotopic (exact) mass is 312 g/mol. The van der Waals surface area contributed by atoms with Gasteiger partial charge in [-0.2, -0.15) is 0 Å². The lowest BCUT2D eigenvalue weighted by molar-refractivity contribution is -0.145. The lowest BCUT2D eigenvalue weighted by Crippen LogP contribution is -2.26. The van der Waals surface area contributed by atoms with E-state index < -0.39 is 4.32 Å². The fraction of sp³-hybridized carbons (Fsp3) is 0.533. The zero-order valence-electron chi connectivity index (χ0n) is 11.1. The van der Waals surface area contributed by atoms with Crippen LogP contribution in [0.3, 0.4) is 0 Å². The van der Waals surface area contributed by atoms with Gasteiger partial charge in [0.25, 0.3) is 0 Å². The van der Waals surface area contributed by atoms with Gasteiger partial charge in [0.1, 0.15) is 4.32 Å². The van der Waals surface area contributed by atoms with Crippen LogP contribution in [-0.2, 0) is 16.0 Å². The Morgan fingerprint density at radius 2 is 1.83 bits per heavy atom. The summed E-state index contributed by atoms with van der Waals surface area (Å²) < 4.78 is 4.60. The summed E-state index contributed by atoms with van der Waals surface area (Å²) in [6, 6.07) is 10.5. The molecule has 18 heavy (non-hydrogen) atoms. The van der Waals surface area contributed by atoms with E-state index in [1.165, 1.54) is 5.56 Å². The molecule has 1 aromatic carbocycles. The van der Waals surface area contributed by atoms with Gasteiger partial charge >= 0.3 is 5.97 Å². The van der Waals surface area contributed by atoms with Gasteiger partial charge in [-0.25, -0.2) is 0 Å². The van der Waals surface area contributed by atoms with Crippen LogP contribution in [0.1, 0.15) is 38.7 Å². The van der Waals surface area contributed by atoms with Gasteiger partial charge in [0.15, 0.2) is 0 Å². The van der Waals surface area contributed by atoms with Crippen molar-refractivity contribution in [3.8, 4) is 0 Å². The van der Waals surface area contributed by atoms with Crippen LogP contribution in [0.25, 0.3) is 0 Å². The van der Waals surface area contributed by atoms with Crippen molar-refractivity contribution in [1.82, 2.24) is 0 Å². The van der Waals surface area contributed by atoms with Crippen molar-refractivity contribution in [2.24, 2.45) is 0 Å². The Hall–Kier alpha value is -0.830. The first-order chi connectivity index (χ1) is 8.50. The average molecular weight is 313 g/mol. The first kappa shape index (κ1) is 15.2. The van der Waals surface area contributed by atoms with Crippen LogP contribution in [0, 0.1) is 0 Å². The van der Waals surface area contributed by atoms with Crippen molar-refractivity contribution in [3.63, 3.8) is 0 Å². The molecule has 3 heteroatoms. The van der Waals surface area contributed by atoms with E-state index in [9.17, 15) is 4.79 Å². The molecule has 0 bridgehead atoms. The van der Waals surface area contributed by atoms with Crippen LogP contribution in [0.5, 0.6) is 0 Å². The summed E-state index contributed by atoms with van der Waals surface area (Å²) in [5.74, 6) is -0.189. The number of rotatable bonds is 7. The van der Waals surface area contributed by atoms with E-state index in [2.05, 4.69) is 40.2 Å². The summed E-state index contributed by atoms with van der Waals surface area (Å²) in [5, 5.41) is 0. The number of carbonyl (C=O) groups is 1. The Bertz CT molecular complexity index is 355. The lowest BCUT2D eigenvalue weighted by atomic mass is 10.1. The molecule has 0 N–H and O–H groups in total. The number of aryl methyl sites for hydroxylation is 1. The van der Waals surface area contributed by atoms with Gasteiger partial charge in [-0.05, 0) is 45.1 Å². The molecule has 0 heterocycles. The summed E-state index contributed by atoms with van der Waals surface area (Å²) in [6.07, 6.45) is 4.25. The summed E-state index contributed by atoms with van der Waals surface area (Å²) >= 11 is 3.28. The maximum absolute atomic E-state index is 11.4. The maximum atomic E-state index is 11.4. The largest absolute Gasteiger partial charge is 0.465 e. The Kier molecular flexibility index (Phi) is 6.41. The van der Waals surface area contributed by atoms with Gasteiger partial charge in [-0.3, -0.25) is 4.79 Å². The Morgan fingerprint density at radius 1 is 1.17 bits per heavy atom. The summed E-state index contributed by atoms with van der Waals surface area (Å²) in [7, 11) is 0. The summed E-state index contributed by atoms with van der Waals surface area (Å²) in [5.41, 5.74) is 1.37. The van der Waals surface area contributed by atoms with E-state index in [0.29, 0.717) is 6.61 Å². The van der Waals surface area contributed by atoms with Crippen LogP contribution in [0.4, 0.5) is 0 Å². The highest BCUT2D eigenvalue weighted by Gasteiger charge is 2.24. The molecule has 100 valence electrons. The molecule has 0 aliphatic rings. The van der Waals surface area contributed by atoms with Gasteiger partial charge in [0.05, 0.1) is 6.61 Å². The molecule has 0 atom stereocenters. The first-order valence-electron chi connectivity index (χ1n) is 6.40. The second kappa shape index (κ2) is 7.57. The van der Waals surface area contributed by atoms with Crippen LogP contribution < -0.4 is 0 Å². The minimum Gasteiger partial charge on any atom is -0.465 e. The topological polar surface area (TPSA) is 26.3 Å². The highest BCUT2D eigenvalue weighted by Crippen LogP contribution is 2.17. The van der Waals surface area contributed by atoms with E-state index in [4.69, 9.17) is 4.74 Å². The van der Waals surface area contributed by atoms with Crippen molar-refractivity contribution in [2.45, 2.75) is 43.9 Å². The molecule has 0 aliphatic carbocycles. The lowest BCUT2D eigenvalue weighted by Gasteiger charge is -2.14. The normalized spacial score (nSPS) is 11.3. The smallest absolute Gasteiger partial charge is 0.322 e. The number of halogens is 1. The van der Waals surface area contributed by atoms with Crippen LogP contribution in [0.2, 0.25) is 0 Å². The second-order valence-electron chi connectivity index (χ2n) is 4.90. The second-order valence-corrected chi connectivity index (χ2v) is 6.89. The number of alkyl halides is 1. The Balaban J connectivity index is 2.05. The molecule has 1 aromatic rings. The quantitative estimate of drug-likeness (QED) is 0.430. The average Bonchev–Trinajstić information content (AvgIpc) is 2.33. The molecule has 0 amide bonds.